The molecule has 0 amide bonds. The summed E-state index contributed by atoms with van der Waals surface area (Å²) in [5.41, 5.74) is 0.819. The van der Waals surface area contributed by atoms with Crippen LogP contribution in [0.15, 0.2) is 11.0 Å². The minimum absolute atomic E-state index is 0.0110. The van der Waals surface area contributed by atoms with E-state index in [0.717, 1.165) is 0 Å². The number of rotatable bonds is 4. The van der Waals surface area contributed by atoms with Gasteiger partial charge in [-0.2, -0.15) is 8.42 Å². The predicted octanol–water partition coefficient (Wildman–Crippen LogP) is 2.25. The van der Waals surface area contributed by atoms with E-state index in [0.29, 0.717) is 11.1 Å². The number of nitro benzene ring substituents is 1. The molecule has 0 unspecified atom stereocenters. The highest BCUT2D eigenvalue weighted by molar-refractivity contribution is 7.86. The van der Waals surface area contributed by atoms with Crippen LogP contribution in [0.1, 0.15) is 23.6 Å². The van der Waals surface area contributed by atoms with Crippen LogP contribution in [0.2, 0.25) is 0 Å². The Bertz CT molecular complexity index is 592. The van der Waals surface area contributed by atoms with Gasteiger partial charge in [-0.05, 0) is 39.3 Å². The molecule has 100 valence electrons. The normalized spacial score (nSPS) is 11.6. The SMILES string of the molecule is CCOS(=O)(=O)c1c(C)cc(C)c([N+](=O)[O-])c1C. The lowest BCUT2D eigenvalue weighted by Crippen LogP contribution is -2.11. The van der Waals surface area contributed by atoms with Crippen LogP contribution < -0.4 is 0 Å². The fraction of sp³-hybridized carbons (Fsp3) is 0.455. The number of nitrogens with zero attached hydrogens (tertiary/aromatic N) is 1. The molecule has 1 aromatic rings. The van der Waals surface area contributed by atoms with Gasteiger partial charge in [-0.3, -0.25) is 14.3 Å². The topological polar surface area (TPSA) is 86.5 Å². The molecule has 0 bridgehead atoms. The maximum absolute atomic E-state index is 11.9. The second-order valence-electron chi connectivity index (χ2n) is 3.93. The number of aryl methyl sites for hydroxylation is 2. The Labute approximate surface area is 106 Å². The number of hydrogen-bond acceptors (Lipinski definition) is 5. The molecule has 1 aromatic carbocycles. The van der Waals surface area contributed by atoms with E-state index >= 15 is 0 Å². The van der Waals surface area contributed by atoms with E-state index < -0.39 is 15.0 Å². The highest BCUT2D eigenvalue weighted by atomic mass is 32.2. The fourth-order valence-electron chi connectivity index (χ4n) is 2.04. The Morgan fingerprint density at radius 1 is 1.28 bits per heavy atom. The van der Waals surface area contributed by atoms with E-state index in [1.54, 1.807) is 20.8 Å². The average molecular weight is 273 g/mol. The van der Waals surface area contributed by atoms with Gasteiger partial charge >= 0.3 is 0 Å². The lowest BCUT2D eigenvalue weighted by molar-refractivity contribution is -0.386. The molecule has 0 aliphatic heterocycles. The van der Waals surface area contributed by atoms with Gasteiger partial charge in [-0.15, -0.1) is 0 Å². The quantitative estimate of drug-likeness (QED) is 0.477. The van der Waals surface area contributed by atoms with Crippen molar-refractivity contribution in [1.82, 2.24) is 0 Å². The fourth-order valence-corrected chi connectivity index (χ4v) is 3.39. The van der Waals surface area contributed by atoms with Crippen LogP contribution in [0.5, 0.6) is 0 Å². The van der Waals surface area contributed by atoms with Gasteiger partial charge in [0.1, 0.15) is 4.90 Å². The van der Waals surface area contributed by atoms with Crippen LogP contribution in [0.4, 0.5) is 5.69 Å². The summed E-state index contributed by atoms with van der Waals surface area (Å²) in [6.07, 6.45) is 0. The van der Waals surface area contributed by atoms with Crippen molar-refractivity contribution in [2.75, 3.05) is 6.61 Å². The Morgan fingerprint density at radius 3 is 2.28 bits per heavy atom. The molecule has 0 spiro atoms. The van der Waals surface area contributed by atoms with Crippen LogP contribution >= 0.6 is 0 Å². The summed E-state index contributed by atoms with van der Waals surface area (Å²) in [5, 5.41) is 11.0. The molecule has 0 atom stereocenters. The first kappa shape index (κ1) is 14.6. The maximum atomic E-state index is 11.9. The van der Waals surface area contributed by atoms with Gasteiger partial charge in [-0.25, -0.2) is 0 Å². The summed E-state index contributed by atoms with van der Waals surface area (Å²) in [6, 6.07) is 1.48. The van der Waals surface area contributed by atoms with Crippen LogP contribution in [-0.2, 0) is 14.3 Å². The second kappa shape index (κ2) is 5.03. The third-order valence-electron chi connectivity index (χ3n) is 2.57. The van der Waals surface area contributed by atoms with Crippen LogP contribution in [0, 0.1) is 30.9 Å². The molecular formula is C11H15NO5S. The Hall–Kier alpha value is -1.47. The van der Waals surface area contributed by atoms with Crippen LogP contribution in [-0.4, -0.2) is 19.9 Å². The molecule has 0 saturated heterocycles. The largest absolute Gasteiger partial charge is 0.297 e. The summed E-state index contributed by atoms with van der Waals surface area (Å²) >= 11 is 0. The van der Waals surface area contributed by atoms with Gasteiger partial charge in [0.15, 0.2) is 0 Å². The van der Waals surface area contributed by atoms with Crippen molar-refractivity contribution in [3.63, 3.8) is 0 Å². The zero-order chi connectivity index (χ0) is 14.1. The molecule has 18 heavy (non-hydrogen) atoms. The minimum atomic E-state index is -3.95. The maximum Gasteiger partial charge on any atom is 0.297 e. The number of benzene rings is 1. The zero-order valence-corrected chi connectivity index (χ0v) is 11.5. The minimum Gasteiger partial charge on any atom is -0.267 e. The molecule has 0 aliphatic carbocycles. The molecule has 7 heteroatoms. The first-order valence-corrected chi connectivity index (χ1v) is 6.77. The third kappa shape index (κ3) is 2.51. The highest BCUT2D eigenvalue weighted by Crippen LogP contribution is 2.32. The lowest BCUT2D eigenvalue weighted by atomic mass is 10.1. The highest BCUT2D eigenvalue weighted by Gasteiger charge is 2.27. The predicted molar refractivity (Wildman–Crippen MR) is 66.1 cm³/mol. The van der Waals surface area contributed by atoms with Crippen molar-refractivity contribution in [2.24, 2.45) is 0 Å². The Morgan fingerprint density at radius 2 is 1.83 bits per heavy atom. The first-order valence-electron chi connectivity index (χ1n) is 5.37. The van der Waals surface area contributed by atoms with Crippen molar-refractivity contribution < 1.29 is 17.5 Å². The van der Waals surface area contributed by atoms with Crippen LogP contribution in [0.25, 0.3) is 0 Å². The molecule has 6 nitrogen and oxygen atoms in total. The van der Waals surface area contributed by atoms with Gasteiger partial charge < -0.3 is 0 Å². The smallest absolute Gasteiger partial charge is 0.267 e. The standard InChI is InChI=1S/C11H15NO5S/c1-5-17-18(15,16)11-8(3)6-7(2)10(9(11)4)12(13)14/h6H,5H2,1-4H3. The molecule has 0 N–H and O–H groups in total. The van der Waals surface area contributed by atoms with Crippen molar-refractivity contribution in [2.45, 2.75) is 32.6 Å². The number of nitro groups is 1. The van der Waals surface area contributed by atoms with Gasteiger partial charge in [0.05, 0.1) is 11.5 Å². The van der Waals surface area contributed by atoms with Crippen molar-refractivity contribution in [1.29, 1.82) is 0 Å². The van der Waals surface area contributed by atoms with Gasteiger partial charge in [-0.1, -0.05) is 0 Å². The van der Waals surface area contributed by atoms with E-state index in [1.165, 1.54) is 13.0 Å². The van der Waals surface area contributed by atoms with E-state index in [-0.39, 0.29) is 22.8 Å². The van der Waals surface area contributed by atoms with Crippen molar-refractivity contribution in [3.8, 4) is 0 Å². The average Bonchev–Trinajstić information content (AvgIpc) is 2.14. The molecule has 0 aliphatic rings. The number of hydrogen-bond donors (Lipinski definition) is 0. The molecule has 0 heterocycles. The summed E-state index contributed by atoms with van der Waals surface area (Å²) in [7, 11) is -3.95. The van der Waals surface area contributed by atoms with Gasteiger partial charge in [0.25, 0.3) is 15.8 Å². The molecule has 0 radical (unpaired) electrons. The van der Waals surface area contributed by atoms with Gasteiger partial charge in [0.2, 0.25) is 0 Å². The Kier molecular flexibility index (Phi) is 4.08. The third-order valence-corrected chi connectivity index (χ3v) is 4.24. The zero-order valence-electron chi connectivity index (χ0n) is 10.7. The van der Waals surface area contributed by atoms with Crippen molar-refractivity contribution >= 4 is 15.8 Å². The Balaban J connectivity index is 3.66. The lowest BCUT2D eigenvalue weighted by Gasteiger charge is -2.12. The summed E-state index contributed by atoms with van der Waals surface area (Å²) in [6.45, 7) is 6.13. The van der Waals surface area contributed by atoms with Gasteiger partial charge in [0, 0.05) is 11.1 Å². The van der Waals surface area contributed by atoms with E-state index in [9.17, 15) is 18.5 Å². The molecule has 1 rings (SSSR count). The van der Waals surface area contributed by atoms with E-state index in [2.05, 4.69) is 0 Å². The van der Waals surface area contributed by atoms with Crippen molar-refractivity contribution in [3.05, 3.63) is 32.9 Å². The molecular weight excluding hydrogens is 258 g/mol. The molecule has 0 saturated carbocycles. The first-order chi connectivity index (χ1) is 8.22. The van der Waals surface area contributed by atoms with Crippen LogP contribution in [0.3, 0.4) is 0 Å². The molecule has 0 aromatic heterocycles. The molecule has 0 fully saturated rings. The second-order valence-corrected chi connectivity index (χ2v) is 5.48. The van der Waals surface area contributed by atoms with E-state index in [4.69, 9.17) is 4.18 Å². The van der Waals surface area contributed by atoms with E-state index in [1.807, 2.05) is 0 Å². The summed E-state index contributed by atoms with van der Waals surface area (Å²) in [5.74, 6) is 0. The summed E-state index contributed by atoms with van der Waals surface area (Å²) < 4.78 is 28.5. The monoisotopic (exact) mass is 273 g/mol. The summed E-state index contributed by atoms with van der Waals surface area (Å²) in [4.78, 5) is 10.3.